The lowest BCUT2D eigenvalue weighted by atomic mass is 9.46. The molecule has 0 aromatic heterocycles. The number of rotatable bonds is 2. The van der Waals surface area contributed by atoms with Crippen molar-refractivity contribution in [2.75, 3.05) is 6.56 Å². The van der Waals surface area contributed by atoms with Gasteiger partial charge in [-0.25, -0.2) is 4.99 Å². The minimum absolute atomic E-state index is 0.0539. The molecule has 0 spiro atoms. The van der Waals surface area contributed by atoms with Gasteiger partial charge in [-0.05, 0) is 49.6 Å². The largest absolute Gasteiger partial charge is 0.475 e. The van der Waals surface area contributed by atoms with E-state index in [0.29, 0.717) is 0 Å². The number of Topliss-reactive ketones (excluding diaryl/α,β-unsaturated/α-hetero) is 1. The molecule has 3 saturated carbocycles. The Morgan fingerprint density at radius 3 is 3.00 bits per heavy atom. The predicted octanol–water partition coefficient (Wildman–Crippen LogP) is 1.99. The Balaban J connectivity index is 1.68. The first-order valence-electron chi connectivity index (χ1n) is 12.6. The van der Waals surface area contributed by atoms with Crippen molar-refractivity contribution < 1.29 is 31.4 Å². The number of hydrogen-bond donors (Lipinski definition) is 2. The van der Waals surface area contributed by atoms with Gasteiger partial charge < -0.3 is 14.9 Å². The zero-order valence-corrected chi connectivity index (χ0v) is 16.7. The van der Waals surface area contributed by atoms with Crippen LogP contribution in [0.15, 0.2) is 28.8 Å². The van der Waals surface area contributed by atoms with Crippen LogP contribution < -0.4 is 0 Å². The van der Waals surface area contributed by atoms with Gasteiger partial charge in [-0.3, -0.25) is 9.59 Å². The smallest absolute Gasteiger partial charge is 0.190 e. The van der Waals surface area contributed by atoms with Crippen LogP contribution >= 0.6 is 0 Å². The topological polar surface area (TPSA) is 96.2 Å². The molecule has 156 valence electrons. The average molecular weight is 405 g/mol. The van der Waals surface area contributed by atoms with Crippen LogP contribution in [0.25, 0.3) is 0 Å². The molecule has 0 unspecified atom stereocenters. The maximum Gasteiger partial charge on any atom is 0.190 e. The number of allylic oxidation sites excluding steroid dienone is 4. The molecule has 1 aliphatic heterocycles. The van der Waals surface area contributed by atoms with Gasteiger partial charge in [0.2, 0.25) is 0 Å². The van der Waals surface area contributed by atoms with Crippen molar-refractivity contribution in [1.82, 2.24) is 0 Å². The van der Waals surface area contributed by atoms with Gasteiger partial charge in [0.25, 0.3) is 0 Å². The molecule has 5 aliphatic rings. The molecule has 0 bridgehead atoms. The Morgan fingerprint density at radius 1 is 1.52 bits per heavy atom. The van der Waals surface area contributed by atoms with Gasteiger partial charge in [0.1, 0.15) is 12.7 Å². The van der Waals surface area contributed by atoms with E-state index < -0.39 is 64.9 Å². The van der Waals surface area contributed by atoms with Crippen LogP contribution in [0.2, 0.25) is 0 Å². The molecular formula is C23H29NO5. The van der Waals surface area contributed by atoms with E-state index in [-0.39, 0.29) is 42.7 Å². The second-order valence-corrected chi connectivity index (χ2v) is 9.53. The third kappa shape index (κ3) is 2.17. The Labute approximate surface area is 177 Å². The molecule has 0 amide bonds. The highest BCUT2D eigenvalue weighted by Gasteiger charge is 2.74. The summed E-state index contributed by atoms with van der Waals surface area (Å²) in [6.07, 6.45) is -0.721. The highest BCUT2D eigenvalue weighted by Crippen LogP contribution is 2.69. The summed E-state index contributed by atoms with van der Waals surface area (Å²) in [5.41, 5.74) is -3.83. The normalized spacial score (nSPS) is 55.1. The number of aliphatic hydroxyl groups is 2. The fourth-order valence-electron chi connectivity index (χ4n) is 7.20. The summed E-state index contributed by atoms with van der Waals surface area (Å²) < 4.78 is 47.3. The number of hydrogen-bond acceptors (Lipinski definition) is 6. The number of carbonyl (C=O) groups excluding carboxylic acids is 2. The lowest BCUT2D eigenvalue weighted by Crippen LogP contribution is -2.62. The molecule has 0 aromatic carbocycles. The van der Waals surface area contributed by atoms with Crippen molar-refractivity contribution in [3.63, 3.8) is 0 Å². The summed E-state index contributed by atoms with van der Waals surface area (Å²) in [4.78, 5) is 30.1. The highest BCUT2D eigenvalue weighted by atomic mass is 16.5. The van der Waals surface area contributed by atoms with Crippen LogP contribution in [-0.4, -0.2) is 52.0 Å². The van der Waals surface area contributed by atoms with E-state index >= 15 is 0 Å². The van der Waals surface area contributed by atoms with Crippen molar-refractivity contribution in [3.05, 3.63) is 23.8 Å². The van der Waals surface area contributed by atoms with Crippen LogP contribution in [0.5, 0.6) is 0 Å². The van der Waals surface area contributed by atoms with Gasteiger partial charge in [-0.2, -0.15) is 0 Å². The third-order valence-electron chi connectivity index (χ3n) is 8.32. The number of ketones is 2. The number of carbonyl (C=O) groups is 2. The average Bonchev–Trinajstić information content (AvgIpc) is 3.13. The maximum absolute atomic E-state index is 13.4. The highest BCUT2D eigenvalue weighted by molar-refractivity contribution is 6.01. The number of fused-ring (bicyclic) bond motifs is 7. The van der Waals surface area contributed by atoms with Crippen molar-refractivity contribution in [3.8, 4) is 0 Å². The van der Waals surface area contributed by atoms with E-state index in [0.717, 1.165) is 0 Å². The zero-order chi connectivity index (χ0) is 25.2. The molecular weight excluding hydrogens is 370 g/mol. The second kappa shape index (κ2) is 5.88. The van der Waals surface area contributed by atoms with E-state index in [4.69, 9.17) is 11.6 Å². The molecule has 2 N–H and O–H groups in total. The molecule has 8 atom stereocenters. The molecule has 1 heterocycles. The van der Waals surface area contributed by atoms with E-state index in [2.05, 4.69) is 4.99 Å². The molecule has 0 aromatic rings. The maximum atomic E-state index is 13.4. The molecule has 6 heteroatoms. The van der Waals surface area contributed by atoms with E-state index in [1.165, 1.54) is 6.08 Å². The van der Waals surface area contributed by atoms with Gasteiger partial charge in [0.15, 0.2) is 23.0 Å². The zero-order valence-electron chi connectivity index (χ0n) is 21.7. The van der Waals surface area contributed by atoms with Gasteiger partial charge >= 0.3 is 0 Å². The Kier molecular flexibility index (Phi) is 2.89. The standard InChI is InChI=1S/C23H29NO5/c1-12-24-23(18(28)11-25)19(29-12)9-16-15-5-4-13-8-14(26)6-7-21(13,2)20(15)17(27)10-22(16,23)3/h6-8,15-17,19-20,25,27H,4-5,9-11H2,1-3H3/t15-,16-,17-,19+,20+,21-,22-,23+/m1/s1/i4D2,8D,11D2. The van der Waals surface area contributed by atoms with E-state index in [9.17, 15) is 19.8 Å². The Morgan fingerprint density at radius 2 is 2.28 bits per heavy atom. The molecule has 4 aliphatic carbocycles. The van der Waals surface area contributed by atoms with Crippen LogP contribution in [0.1, 0.15) is 53.3 Å². The molecule has 0 saturated heterocycles. The van der Waals surface area contributed by atoms with Crippen LogP contribution in [-0.2, 0) is 14.3 Å². The summed E-state index contributed by atoms with van der Waals surface area (Å²) in [7, 11) is 0. The van der Waals surface area contributed by atoms with Gasteiger partial charge in [-0.1, -0.05) is 25.5 Å². The van der Waals surface area contributed by atoms with E-state index in [1.54, 1.807) is 26.8 Å². The predicted molar refractivity (Wildman–Crippen MR) is 106 cm³/mol. The number of aliphatic hydroxyl groups excluding tert-OH is 1. The summed E-state index contributed by atoms with van der Waals surface area (Å²) in [6, 6.07) is -0.374. The third-order valence-corrected chi connectivity index (χ3v) is 8.32. The lowest BCUT2D eigenvalue weighted by molar-refractivity contribution is -0.146. The second-order valence-electron chi connectivity index (χ2n) is 9.53. The summed E-state index contributed by atoms with van der Waals surface area (Å²) in [5, 5.41) is 21.6. The van der Waals surface area contributed by atoms with Crippen molar-refractivity contribution in [1.29, 1.82) is 0 Å². The summed E-state index contributed by atoms with van der Waals surface area (Å²) in [5.74, 6) is -2.81. The summed E-state index contributed by atoms with van der Waals surface area (Å²) >= 11 is 0. The first kappa shape index (κ1) is 14.3. The Bertz CT molecular complexity index is 1100. The first-order valence-corrected chi connectivity index (χ1v) is 10.1. The van der Waals surface area contributed by atoms with Crippen molar-refractivity contribution in [2.45, 2.75) is 64.2 Å². The van der Waals surface area contributed by atoms with Gasteiger partial charge in [-0.15, -0.1) is 0 Å². The Hall–Kier alpha value is -1.79. The lowest BCUT2D eigenvalue weighted by Gasteiger charge is -2.59. The van der Waals surface area contributed by atoms with Crippen LogP contribution in [0.4, 0.5) is 0 Å². The van der Waals surface area contributed by atoms with Crippen LogP contribution in [0.3, 0.4) is 0 Å². The minimum atomic E-state index is -3.16. The quantitative estimate of drug-likeness (QED) is 0.734. The van der Waals surface area contributed by atoms with Crippen molar-refractivity contribution in [2.24, 2.45) is 33.6 Å². The molecule has 3 fully saturated rings. The fraction of sp³-hybridized carbons (Fsp3) is 0.696. The van der Waals surface area contributed by atoms with Gasteiger partial charge in [0, 0.05) is 26.4 Å². The number of aliphatic imine (C=N–C) groups is 1. The van der Waals surface area contributed by atoms with Crippen LogP contribution in [0, 0.1) is 28.6 Å². The fourth-order valence-corrected chi connectivity index (χ4v) is 7.20. The minimum Gasteiger partial charge on any atom is -0.475 e. The molecule has 29 heavy (non-hydrogen) atoms. The molecule has 5 rings (SSSR count). The number of ether oxygens (including phenoxy) is 1. The molecule has 0 radical (unpaired) electrons. The summed E-state index contributed by atoms with van der Waals surface area (Å²) in [6.45, 7) is 1.91. The number of nitrogens with zero attached hydrogens (tertiary/aromatic N) is 1. The monoisotopic (exact) mass is 404 g/mol. The van der Waals surface area contributed by atoms with E-state index in [1.807, 2.05) is 0 Å². The van der Waals surface area contributed by atoms with Crippen molar-refractivity contribution >= 4 is 17.5 Å². The SMILES string of the molecule is [2H]C1=C2C([2H])([2H])C[C@H]3[C@@H]([C@H](O)C[C@]4(C)[C@@H]3C[C@@H]3OC(C)=N[C@@]34C(=O)C([2H])([2H])O)[C@]2(C)C=CC1=O. The molecule has 6 nitrogen and oxygen atoms in total. The first-order chi connectivity index (χ1) is 15.5. The van der Waals surface area contributed by atoms with Gasteiger partial charge in [0.05, 0.1) is 10.2 Å².